The predicted molar refractivity (Wildman–Crippen MR) is 140 cm³/mol. The fourth-order valence-corrected chi connectivity index (χ4v) is 4.38. The summed E-state index contributed by atoms with van der Waals surface area (Å²) in [6.07, 6.45) is 0.254. The molecule has 11 heteroatoms. The van der Waals surface area contributed by atoms with Crippen LogP contribution in [0.5, 0.6) is 5.75 Å². The first kappa shape index (κ1) is 23.6. The lowest BCUT2D eigenvalue weighted by Gasteiger charge is -2.26. The highest BCUT2D eigenvalue weighted by Gasteiger charge is 2.32. The molecule has 1 aromatic heterocycles. The number of halogens is 1. The number of hydrazine groups is 1. The van der Waals surface area contributed by atoms with Crippen LogP contribution in [-0.4, -0.2) is 27.6 Å². The Labute approximate surface area is 216 Å². The number of carbonyl (C=O) groups excluding carboxylic acids is 1. The van der Waals surface area contributed by atoms with Gasteiger partial charge in [0.05, 0.1) is 18.2 Å². The molecule has 8 nitrogen and oxygen atoms in total. The van der Waals surface area contributed by atoms with Gasteiger partial charge in [-0.25, -0.2) is 9.37 Å². The van der Waals surface area contributed by atoms with Crippen LogP contribution in [0.1, 0.15) is 18.0 Å². The van der Waals surface area contributed by atoms with E-state index in [4.69, 9.17) is 29.2 Å². The Morgan fingerprint density at radius 2 is 1.83 bits per heavy atom. The predicted octanol–water partition coefficient (Wildman–Crippen LogP) is 5.43. The van der Waals surface area contributed by atoms with Crippen LogP contribution >= 0.6 is 24.4 Å². The number of hydrogen-bond donors (Lipinski definition) is 4. The summed E-state index contributed by atoms with van der Waals surface area (Å²) in [6, 6.07) is 21.0. The smallest absolute Gasteiger partial charge is 0.241 e. The Bertz CT molecular complexity index is 1480. The van der Waals surface area contributed by atoms with E-state index >= 15 is 0 Å². The molecule has 5 rings (SSSR count). The van der Waals surface area contributed by atoms with Crippen molar-refractivity contribution in [2.45, 2.75) is 12.5 Å². The van der Waals surface area contributed by atoms with E-state index in [2.05, 4.69) is 25.7 Å². The molecule has 1 atom stereocenters. The third kappa shape index (κ3) is 5.42. The van der Waals surface area contributed by atoms with Gasteiger partial charge < -0.3 is 20.0 Å². The number of nitrogens with one attached hydrogen (secondary N) is 4. The monoisotopic (exact) mass is 520 g/mol. The van der Waals surface area contributed by atoms with Gasteiger partial charge in [0, 0.05) is 11.3 Å². The van der Waals surface area contributed by atoms with E-state index in [1.807, 2.05) is 54.6 Å². The minimum Gasteiger partial charge on any atom is -0.473 e. The summed E-state index contributed by atoms with van der Waals surface area (Å²) in [5, 5.41) is 4.95. The third-order valence-corrected chi connectivity index (χ3v) is 6.02. The van der Waals surface area contributed by atoms with Gasteiger partial charge in [0.1, 0.15) is 17.4 Å². The quantitative estimate of drug-likeness (QED) is 0.190. The second-order valence-corrected chi connectivity index (χ2v) is 8.86. The molecule has 36 heavy (non-hydrogen) atoms. The van der Waals surface area contributed by atoms with E-state index in [1.54, 1.807) is 11.1 Å². The van der Waals surface area contributed by atoms with Crippen molar-refractivity contribution in [3.8, 4) is 17.1 Å². The summed E-state index contributed by atoms with van der Waals surface area (Å²) in [5.74, 6) is 0.808. The highest BCUT2D eigenvalue weighted by Crippen LogP contribution is 2.33. The number of hydrogen-bond acceptors (Lipinski definition) is 7. The zero-order valence-electron chi connectivity index (χ0n) is 18.8. The van der Waals surface area contributed by atoms with Gasteiger partial charge in [0.15, 0.2) is 11.5 Å². The van der Waals surface area contributed by atoms with Gasteiger partial charge in [0.2, 0.25) is 10.7 Å². The van der Waals surface area contributed by atoms with Crippen molar-refractivity contribution < 1.29 is 13.9 Å². The van der Waals surface area contributed by atoms with E-state index in [1.165, 1.54) is 12.1 Å². The van der Waals surface area contributed by atoms with Crippen molar-refractivity contribution in [1.29, 1.82) is 0 Å². The summed E-state index contributed by atoms with van der Waals surface area (Å²) in [7, 11) is 0. The Hall–Kier alpha value is -4.09. The largest absolute Gasteiger partial charge is 0.473 e. The maximum atomic E-state index is 13.7. The molecule has 0 bridgehead atoms. The number of carbonyl (C=O) groups is 1. The Kier molecular flexibility index (Phi) is 6.74. The fourth-order valence-electron chi connectivity index (χ4n) is 3.93. The highest BCUT2D eigenvalue weighted by atomic mass is 32.1. The Morgan fingerprint density at radius 3 is 2.56 bits per heavy atom. The molecule has 0 saturated carbocycles. The summed E-state index contributed by atoms with van der Waals surface area (Å²) < 4.78 is 20.3. The average Bonchev–Trinajstić information content (AvgIpc) is 3.26. The summed E-state index contributed by atoms with van der Waals surface area (Å²) >= 11 is 10.2. The van der Waals surface area contributed by atoms with Gasteiger partial charge in [0.25, 0.3) is 0 Å². The van der Waals surface area contributed by atoms with Crippen LogP contribution in [0, 0.1) is 15.4 Å². The van der Waals surface area contributed by atoms with Gasteiger partial charge in [-0.2, -0.15) is 0 Å². The molecule has 4 N–H and O–H groups in total. The zero-order chi connectivity index (χ0) is 25.1. The van der Waals surface area contributed by atoms with Crippen molar-refractivity contribution in [3.05, 3.63) is 93.7 Å². The van der Waals surface area contributed by atoms with Crippen LogP contribution in [0.4, 0.5) is 15.8 Å². The topological polar surface area (TPSA) is 98.1 Å². The number of benzene rings is 3. The fraction of sp³-hybridized carbons (Fsp3) is 0.120. The number of amides is 1. The molecule has 3 aromatic carbocycles. The van der Waals surface area contributed by atoms with Crippen LogP contribution < -0.4 is 20.5 Å². The van der Waals surface area contributed by atoms with Crippen molar-refractivity contribution in [3.63, 3.8) is 0 Å². The van der Waals surface area contributed by atoms with Crippen LogP contribution in [0.15, 0.2) is 72.8 Å². The molecule has 0 radical (unpaired) electrons. The molecular weight excluding hydrogens is 499 g/mol. The van der Waals surface area contributed by atoms with Crippen LogP contribution in [-0.2, 0) is 4.79 Å². The van der Waals surface area contributed by atoms with E-state index in [0.717, 1.165) is 22.5 Å². The second-order valence-electron chi connectivity index (χ2n) is 8.06. The minimum atomic E-state index is -0.331. The molecule has 1 aliphatic heterocycles. The number of H-pyrrole nitrogens is 2. The number of nitrogens with zero attached hydrogens (tertiary/aromatic N) is 2. The number of rotatable bonds is 7. The third-order valence-electron chi connectivity index (χ3n) is 5.62. The van der Waals surface area contributed by atoms with Gasteiger partial charge >= 0.3 is 0 Å². The van der Waals surface area contributed by atoms with Gasteiger partial charge in [-0.1, -0.05) is 12.1 Å². The van der Waals surface area contributed by atoms with Gasteiger partial charge in [-0.3, -0.25) is 15.2 Å². The van der Waals surface area contributed by atoms with Crippen molar-refractivity contribution in [1.82, 2.24) is 20.4 Å². The first-order valence-corrected chi connectivity index (χ1v) is 11.9. The molecule has 2 heterocycles. The lowest BCUT2D eigenvalue weighted by molar-refractivity contribution is -0.119. The molecule has 4 aromatic rings. The van der Waals surface area contributed by atoms with E-state index in [-0.39, 0.29) is 30.9 Å². The van der Waals surface area contributed by atoms with Crippen LogP contribution in [0.25, 0.3) is 11.4 Å². The Balaban J connectivity index is 1.19. The summed E-state index contributed by atoms with van der Waals surface area (Å²) in [6.45, 7) is 0.252. The van der Waals surface area contributed by atoms with Crippen LogP contribution in [0.3, 0.4) is 0 Å². The van der Waals surface area contributed by atoms with Crippen LogP contribution in [0.2, 0.25) is 0 Å². The highest BCUT2D eigenvalue weighted by molar-refractivity contribution is 7.71. The number of anilines is 2. The number of aromatic nitrogens is 3. The summed E-state index contributed by atoms with van der Waals surface area (Å²) in [4.78, 5) is 22.1. The molecule has 1 unspecified atom stereocenters. The van der Waals surface area contributed by atoms with Gasteiger partial charge in [-0.05, 0) is 90.7 Å². The maximum absolute atomic E-state index is 13.7. The molecule has 0 aliphatic carbocycles. The number of aromatic amines is 2. The lowest BCUT2D eigenvalue weighted by Crippen LogP contribution is -2.34. The molecule has 1 saturated heterocycles. The van der Waals surface area contributed by atoms with Gasteiger partial charge in [-0.15, -0.1) is 0 Å². The van der Waals surface area contributed by atoms with E-state index in [0.29, 0.717) is 21.1 Å². The molecule has 1 fully saturated rings. The number of ether oxygens (including phenoxy) is 1. The molecule has 0 spiro atoms. The lowest BCUT2D eigenvalue weighted by atomic mass is 10.0. The maximum Gasteiger partial charge on any atom is 0.241 e. The molecule has 1 amide bonds. The normalized spacial score (nSPS) is 15.0. The molecule has 1 aliphatic rings. The second kappa shape index (κ2) is 10.3. The summed E-state index contributed by atoms with van der Waals surface area (Å²) in [5.41, 5.74) is 6.08. The van der Waals surface area contributed by atoms with E-state index in [9.17, 15) is 9.18 Å². The average molecular weight is 521 g/mol. The zero-order valence-corrected chi connectivity index (χ0v) is 20.5. The molecule has 182 valence electrons. The first-order chi connectivity index (χ1) is 17.4. The van der Waals surface area contributed by atoms with Crippen molar-refractivity contribution in [2.75, 3.05) is 17.1 Å². The SMILES string of the molecule is O=C1CC(c2cccc(F)c2)N(c2ccc(OCNc3ccc(-c4nc(=S)[nH]c(=S)[nH]4)cc3)cc2)N1. The first-order valence-electron chi connectivity index (χ1n) is 11.1. The Morgan fingerprint density at radius 1 is 1.06 bits per heavy atom. The van der Waals surface area contributed by atoms with E-state index < -0.39 is 0 Å². The standard InChI is InChI=1S/C25H21FN6O2S2/c26-17-3-1-2-16(12-17)21-13-22(33)31-32(21)19-8-10-20(11-9-19)34-14-27-18-6-4-15(5-7-18)23-28-24(35)30-25(36)29-23/h1-12,21,27H,13-14H2,(H,31,33)(H2,28,29,30,35,36). The molecular formula is C25H21FN6O2S2. The van der Waals surface area contributed by atoms with Crippen molar-refractivity contribution >= 4 is 41.7 Å². The van der Waals surface area contributed by atoms with Crippen molar-refractivity contribution in [2.24, 2.45) is 0 Å². The minimum absolute atomic E-state index is 0.117.